The largest absolute Gasteiger partial charge is 0.456 e. The second-order valence-electron chi connectivity index (χ2n) is 7.33. The van der Waals surface area contributed by atoms with Crippen molar-refractivity contribution < 1.29 is 19.1 Å². The van der Waals surface area contributed by atoms with Crippen LogP contribution in [0.2, 0.25) is 18.1 Å². The molecule has 1 rings (SSSR count). The predicted octanol–water partition coefficient (Wildman–Crippen LogP) is 4.01. The van der Waals surface area contributed by atoms with Crippen molar-refractivity contribution in [3.05, 3.63) is 35.9 Å². The highest BCUT2D eigenvalue weighted by atomic mass is 28.4. The fourth-order valence-electron chi connectivity index (χ4n) is 1.84. The zero-order valence-corrected chi connectivity index (χ0v) is 16.0. The van der Waals surface area contributed by atoms with E-state index >= 15 is 0 Å². The van der Waals surface area contributed by atoms with E-state index in [-0.39, 0.29) is 11.6 Å². The monoisotopic (exact) mass is 338 g/mol. The average molecular weight is 339 g/mol. The summed E-state index contributed by atoms with van der Waals surface area (Å²) in [6, 6.07) is 8.84. The molecule has 0 spiro atoms. The van der Waals surface area contributed by atoms with Crippen LogP contribution in [-0.2, 0) is 9.16 Å². The van der Waals surface area contributed by atoms with Crippen molar-refractivity contribution in [1.29, 1.82) is 0 Å². The van der Waals surface area contributed by atoms with Gasteiger partial charge < -0.3 is 14.3 Å². The summed E-state index contributed by atoms with van der Waals surface area (Å²) in [6.45, 7) is 11.5. The van der Waals surface area contributed by atoms with E-state index in [4.69, 9.17) is 9.16 Å². The third kappa shape index (κ3) is 6.45. The highest BCUT2D eigenvalue weighted by molar-refractivity contribution is 6.74. The highest BCUT2D eigenvalue weighted by Gasteiger charge is 2.36. The lowest BCUT2D eigenvalue weighted by Crippen LogP contribution is -2.41. The van der Waals surface area contributed by atoms with E-state index in [1.165, 1.54) is 0 Å². The van der Waals surface area contributed by atoms with E-state index in [1.807, 2.05) is 6.07 Å². The minimum Gasteiger partial charge on any atom is -0.456 e. The second-order valence-corrected chi connectivity index (χ2v) is 12.1. The molecule has 130 valence electrons. The van der Waals surface area contributed by atoms with Crippen molar-refractivity contribution in [3.8, 4) is 0 Å². The minimum absolute atomic E-state index is 0.168. The first kappa shape index (κ1) is 19.9. The standard InChI is InChI=1S/C18H30O4Si/c1-18(2,3)23(4,5)21-13-9-12-16(14-19)22-17(20)15-10-7-6-8-11-15/h6-8,10-11,16,19H,9,12-14H2,1-5H3/t16-/m0/s1. The van der Waals surface area contributed by atoms with Gasteiger partial charge in [0.1, 0.15) is 6.10 Å². The van der Waals surface area contributed by atoms with Crippen molar-refractivity contribution in [2.75, 3.05) is 13.2 Å². The van der Waals surface area contributed by atoms with Crippen LogP contribution in [0.15, 0.2) is 30.3 Å². The molecule has 0 aromatic heterocycles. The Kier molecular flexibility index (Phi) is 7.44. The van der Waals surface area contributed by atoms with Crippen LogP contribution in [0.4, 0.5) is 0 Å². The van der Waals surface area contributed by atoms with E-state index in [0.29, 0.717) is 18.6 Å². The first-order valence-electron chi connectivity index (χ1n) is 8.18. The van der Waals surface area contributed by atoms with Crippen LogP contribution < -0.4 is 0 Å². The Morgan fingerprint density at radius 1 is 1.22 bits per heavy atom. The molecule has 1 aromatic rings. The number of aliphatic hydroxyl groups excluding tert-OH is 1. The van der Waals surface area contributed by atoms with Gasteiger partial charge in [-0.25, -0.2) is 4.79 Å². The van der Waals surface area contributed by atoms with Gasteiger partial charge in [0.25, 0.3) is 0 Å². The van der Waals surface area contributed by atoms with Gasteiger partial charge in [0, 0.05) is 6.61 Å². The quantitative estimate of drug-likeness (QED) is 0.442. The van der Waals surface area contributed by atoms with Crippen LogP contribution in [0.3, 0.4) is 0 Å². The average Bonchev–Trinajstić information content (AvgIpc) is 2.49. The molecular formula is C18H30O4Si. The SMILES string of the molecule is CC(C)(C)[Si](C)(C)OCCC[C@@H](CO)OC(=O)c1ccccc1. The van der Waals surface area contributed by atoms with Crippen LogP contribution >= 0.6 is 0 Å². The molecule has 0 aliphatic carbocycles. The zero-order chi connectivity index (χ0) is 17.5. The van der Waals surface area contributed by atoms with Crippen LogP contribution in [0.25, 0.3) is 0 Å². The molecule has 1 atom stereocenters. The second kappa shape index (κ2) is 8.62. The lowest BCUT2D eigenvalue weighted by atomic mass is 10.2. The molecule has 23 heavy (non-hydrogen) atoms. The summed E-state index contributed by atoms with van der Waals surface area (Å²) in [6.07, 6.45) is 0.884. The van der Waals surface area contributed by atoms with Crippen molar-refractivity contribution in [2.24, 2.45) is 0 Å². The summed E-state index contributed by atoms with van der Waals surface area (Å²) < 4.78 is 11.4. The maximum atomic E-state index is 12.0. The summed E-state index contributed by atoms with van der Waals surface area (Å²) >= 11 is 0. The molecule has 1 aromatic carbocycles. The van der Waals surface area contributed by atoms with E-state index in [0.717, 1.165) is 6.42 Å². The van der Waals surface area contributed by atoms with Gasteiger partial charge in [-0.3, -0.25) is 0 Å². The van der Waals surface area contributed by atoms with Crippen molar-refractivity contribution in [3.63, 3.8) is 0 Å². The Morgan fingerprint density at radius 3 is 2.35 bits per heavy atom. The van der Waals surface area contributed by atoms with Crippen molar-refractivity contribution in [1.82, 2.24) is 0 Å². The number of carbonyl (C=O) groups excluding carboxylic acids is 1. The summed E-state index contributed by atoms with van der Waals surface area (Å²) in [4.78, 5) is 12.0. The van der Waals surface area contributed by atoms with Crippen LogP contribution in [0.5, 0.6) is 0 Å². The molecule has 0 aliphatic rings. The van der Waals surface area contributed by atoms with Crippen LogP contribution in [0.1, 0.15) is 44.0 Å². The summed E-state index contributed by atoms with van der Waals surface area (Å²) in [5.41, 5.74) is 0.503. The summed E-state index contributed by atoms with van der Waals surface area (Å²) in [5, 5.41) is 9.58. The molecule has 0 saturated carbocycles. The van der Waals surface area contributed by atoms with Crippen LogP contribution in [-0.4, -0.2) is 38.7 Å². The summed E-state index contributed by atoms with van der Waals surface area (Å²) in [7, 11) is -1.74. The van der Waals surface area contributed by atoms with Gasteiger partial charge in [-0.05, 0) is 43.1 Å². The number of carbonyl (C=O) groups is 1. The number of benzene rings is 1. The number of rotatable bonds is 8. The number of ether oxygens (including phenoxy) is 1. The van der Waals surface area contributed by atoms with Crippen molar-refractivity contribution >= 4 is 14.3 Å². The number of hydrogen-bond donors (Lipinski definition) is 1. The number of hydrogen-bond acceptors (Lipinski definition) is 4. The maximum Gasteiger partial charge on any atom is 0.338 e. The lowest BCUT2D eigenvalue weighted by Gasteiger charge is -2.36. The molecule has 0 bridgehead atoms. The number of aliphatic hydroxyl groups is 1. The first-order chi connectivity index (χ1) is 10.7. The Balaban J connectivity index is 2.39. The normalized spacial score (nSPS) is 13.7. The van der Waals surface area contributed by atoms with E-state index in [9.17, 15) is 9.90 Å². The molecule has 4 nitrogen and oxygen atoms in total. The molecule has 0 heterocycles. The van der Waals surface area contributed by atoms with Gasteiger partial charge in [0.2, 0.25) is 0 Å². The van der Waals surface area contributed by atoms with E-state index in [2.05, 4.69) is 33.9 Å². The van der Waals surface area contributed by atoms with Gasteiger partial charge in [0.15, 0.2) is 8.32 Å². The van der Waals surface area contributed by atoms with Gasteiger partial charge in [-0.2, -0.15) is 0 Å². The highest BCUT2D eigenvalue weighted by Crippen LogP contribution is 2.36. The topological polar surface area (TPSA) is 55.8 Å². The Morgan fingerprint density at radius 2 is 1.83 bits per heavy atom. The molecule has 0 unspecified atom stereocenters. The molecule has 0 amide bonds. The first-order valence-corrected chi connectivity index (χ1v) is 11.1. The fraction of sp³-hybridized carbons (Fsp3) is 0.611. The Hall–Kier alpha value is -1.17. The lowest BCUT2D eigenvalue weighted by molar-refractivity contribution is 0.00973. The van der Waals surface area contributed by atoms with E-state index < -0.39 is 20.4 Å². The fourth-order valence-corrected chi connectivity index (χ4v) is 2.92. The zero-order valence-electron chi connectivity index (χ0n) is 15.0. The maximum absolute atomic E-state index is 12.0. The number of esters is 1. The molecule has 0 saturated heterocycles. The molecule has 5 heteroatoms. The van der Waals surface area contributed by atoms with Gasteiger partial charge in [0.05, 0.1) is 12.2 Å². The molecule has 0 aliphatic heterocycles. The third-order valence-corrected chi connectivity index (χ3v) is 8.96. The van der Waals surface area contributed by atoms with Gasteiger partial charge in [-0.15, -0.1) is 0 Å². The minimum atomic E-state index is -1.74. The van der Waals surface area contributed by atoms with Crippen molar-refractivity contribution in [2.45, 2.75) is 57.8 Å². The molecular weight excluding hydrogens is 308 g/mol. The van der Waals surface area contributed by atoms with E-state index in [1.54, 1.807) is 24.3 Å². The predicted molar refractivity (Wildman–Crippen MR) is 95.1 cm³/mol. The van der Waals surface area contributed by atoms with Gasteiger partial charge >= 0.3 is 5.97 Å². The summed E-state index contributed by atoms with van der Waals surface area (Å²) in [5.74, 6) is -0.394. The Labute approximate surface area is 140 Å². The smallest absolute Gasteiger partial charge is 0.338 e. The van der Waals surface area contributed by atoms with Crippen LogP contribution in [0, 0.1) is 0 Å². The molecule has 0 fully saturated rings. The molecule has 1 N–H and O–H groups in total. The van der Waals surface area contributed by atoms with Gasteiger partial charge in [-0.1, -0.05) is 39.0 Å². The third-order valence-electron chi connectivity index (χ3n) is 4.43. The molecule has 0 radical (unpaired) electrons. The Bertz CT molecular complexity index is 480.